The predicted octanol–water partition coefficient (Wildman–Crippen LogP) is 2.37. The number of aryl methyl sites for hydroxylation is 2. The third-order valence-electron chi connectivity index (χ3n) is 4.00. The third kappa shape index (κ3) is 2.80. The summed E-state index contributed by atoms with van der Waals surface area (Å²) in [5.74, 6) is 0. The second-order valence-corrected chi connectivity index (χ2v) is 7.99. The van der Waals surface area contributed by atoms with Crippen molar-refractivity contribution in [3.63, 3.8) is 0 Å². The van der Waals surface area contributed by atoms with Gasteiger partial charge in [-0.3, -0.25) is 4.68 Å². The van der Waals surface area contributed by atoms with Crippen LogP contribution < -0.4 is 0 Å². The van der Waals surface area contributed by atoms with E-state index < -0.39 is 10.0 Å². The van der Waals surface area contributed by atoms with Gasteiger partial charge in [0.05, 0.1) is 11.4 Å². The van der Waals surface area contributed by atoms with Gasteiger partial charge in [-0.05, 0) is 33.1 Å². The molecule has 1 aliphatic rings. The van der Waals surface area contributed by atoms with Crippen molar-refractivity contribution in [3.8, 4) is 0 Å². The molecule has 0 atom stereocenters. The first-order chi connectivity index (χ1) is 9.39. The monoisotopic (exact) mass is 363 g/mol. The molecule has 7 heteroatoms. The quantitative estimate of drug-likeness (QED) is 0.729. The number of nitrogens with zero attached hydrogens (tertiary/aromatic N) is 3. The largest absolute Gasteiger partial charge is 0.271 e. The van der Waals surface area contributed by atoms with Gasteiger partial charge < -0.3 is 0 Å². The molecule has 0 saturated heterocycles. The summed E-state index contributed by atoms with van der Waals surface area (Å²) in [6.07, 6.45) is 3.89. The highest BCUT2D eigenvalue weighted by Gasteiger charge is 2.37. The highest BCUT2D eigenvalue weighted by atomic mass is 79.9. The molecule has 0 aliphatic heterocycles. The summed E-state index contributed by atoms with van der Waals surface area (Å²) in [6, 6.07) is 0.165. The van der Waals surface area contributed by atoms with Gasteiger partial charge in [-0.25, -0.2) is 8.42 Å². The smallest absolute Gasteiger partial charge is 0.246 e. The van der Waals surface area contributed by atoms with Crippen LogP contribution in [0.15, 0.2) is 4.90 Å². The number of halogens is 1. The van der Waals surface area contributed by atoms with Crippen LogP contribution in [0.2, 0.25) is 0 Å². The van der Waals surface area contributed by atoms with E-state index in [-0.39, 0.29) is 6.04 Å². The van der Waals surface area contributed by atoms with Crippen LogP contribution in [0.3, 0.4) is 0 Å². The highest BCUT2D eigenvalue weighted by molar-refractivity contribution is 9.09. The number of aromatic nitrogens is 2. The lowest BCUT2D eigenvalue weighted by Gasteiger charge is -2.36. The molecule has 1 aromatic rings. The Bertz CT molecular complexity index is 579. The lowest BCUT2D eigenvalue weighted by Crippen LogP contribution is -2.45. The van der Waals surface area contributed by atoms with E-state index >= 15 is 0 Å². The molecule has 114 valence electrons. The number of hydrogen-bond donors (Lipinski definition) is 0. The fourth-order valence-corrected chi connectivity index (χ4v) is 5.01. The summed E-state index contributed by atoms with van der Waals surface area (Å²) in [5.41, 5.74) is 1.30. The van der Waals surface area contributed by atoms with Crippen LogP contribution >= 0.6 is 15.9 Å². The Hall–Kier alpha value is -0.400. The average molecular weight is 364 g/mol. The Morgan fingerprint density at radius 2 is 2.05 bits per heavy atom. The SMILES string of the molecule is Cc1nn(C)c(C)c1S(=O)(=O)N(CCCBr)C1CCC1. The Morgan fingerprint density at radius 3 is 2.45 bits per heavy atom. The van der Waals surface area contributed by atoms with Crippen molar-refractivity contribution in [2.24, 2.45) is 7.05 Å². The molecule has 1 heterocycles. The van der Waals surface area contributed by atoms with Gasteiger partial charge >= 0.3 is 0 Å². The summed E-state index contributed by atoms with van der Waals surface area (Å²) in [5, 5.41) is 5.06. The zero-order chi connectivity index (χ0) is 14.9. The Morgan fingerprint density at radius 1 is 1.40 bits per heavy atom. The van der Waals surface area contributed by atoms with E-state index in [1.165, 1.54) is 0 Å². The van der Waals surface area contributed by atoms with Gasteiger partial charge in [0.2, 0.25) is 10.0 Å². The minimum atomic E-state index is -3.44. The van der Waals surface area contributed by atoms with Crippen LogP contribution in [0.4, 0.5) is 0 Å². The first-order valence-electron chi connectivity index (χ1n) is 6.97. The molecule has 0 spiro atoms. The van der Waals surface area contributed by atoms with Crippen molar-refractivity contribution < 1.29 is 8.42 Å². The average Bonchev–Trinajstić information content (AvgIpc) is 2.56. The number of alkyl halides is 1. The summed E-state index contributed by atoms with van der Waals surface area (Å²) < 4.78 is 29.3. The van der Waals surface area contributed by atoms with E-state index in [0.717, 1.165) is 31.0 Å². The summed E-state index contributed by atoms with van der Waals surface area (Å²) in [6.45, 7) is 4.16. The molecule has 0 aromatic carbocycles. The number of sulfonamides is 1. The van der Waals surface area contributed by atoms with Gasteiger partial charge in [0.1, 0.15) is 4.90 Å². The fraction of sp³-hybridized carbons (Fsp3) is 0.769. The molecular weight excluding hydrogens is 342 g/mol. The summed E-state index contributed by atoms with van der Waals surface area (Å²) >= 11 is 3.39. The maximum absolute atomic E-state index is 13.0. The minimum Gasteiger partial charge on any atom is -0.271 e. The van der Waals surface area contributed by atoms with Gasteiger partial charge in [-0.2, -0.15) is 9.40 Å². The van der Waals surface area contributed by atoms with Gasteiger partial charge in [-0.15, -0.1) is 0 Å². The predicted molar refractivity (Wildman–Crippen MR) is 82.6 cm³/mol. The molecule has 1 saturated carbocycles. The standard InChI is InChI=1S/C13H22BrN3O2S/c1-10-13(11(2)16(3)15-10)20(18,19)17(9-5-8-14)12-6-4-7-12/h12H,4-9H2,1-3H3. The third-order valence-corrected chi connectivity index (χ3v) is 6.77. The van der Waals surface area contributed by atoms with Gasteiger partial charge in [0, 0.05) is 25.0 Å². The van der Waals surface area contributed by atoms with E-state index in [9.17, 15) is 8.42 Å². The zero-order valence-corrected chi connectivity index (χ0v) is 14.7. The molecule has 1 aromatic heterocycles. The zero-order valence-electron chi connectivity index (χ0n) is 12.3. The van der Waals surface area contributed by atoms with Crippen molar-refractivity contribution in [3.05, 3.63) is 11.4 Å². The van der Waals surface area contributed by atoms with Gasteiger partial charge in [0.15, 0.2) is 0 Å². The molecule has 0 bridgehead atoms. The molecule has 0 amide bonds. The van der Waals surface area contributed by atoms with Crippen molar-refractivity contribution in [2.45, 2.75) is 50.5 Å². The van der Waals surface area contributed by atoms with E-state index in [1.54, 1.807) is 23.0 Å². The molecule has 0 radical (unpaired) electrons. The van der Waals surface area contributed by atoms with Crippen LogP contribution in [0, 0.1) is 13.8 Å². The Kier molecular flexibility index (Phi) is 4.92. The fourth-order valence-electron chi connectivity index (χ4n) is 2.63. The molecule has 1 aliphatic carbocycles. The first-order valence-corrected chi connectivity index (χ1v) is 9.53. The Labute approximate surface area is 129 Å². The van der Waals surface area contributed by atoms with Crippen molar-refractivity contribution in [2.75, 3.05) is 11.9 Å². The van der Waals surface area contributed by atoms with E-state index in [1.807, 2.05) is 6.92 Å². The van der Waals surface area contributed by atoms with Crippen molar-refractivity contribution >= 4 is 26.0 Å². The molecule has 20 heavy (non-hydrogen) atoms. The topological polar surface area (TPSA) is 55.2 Å². The lowest BCUT2D eigenvalue weighted by atomic mass is 9.93. The number of hydrogen-bond acceptors (Lipinski definition) is 3. The molecular formula is C13H22BrN3O2S. The van der Waals surface area contributed by atoms with Crippen LogP contribution in [0.25, 0.3) is 0 Å². The van der Waals surface area contributed by atoms with Gasteiger partial charge in [-0.1, -0.05) is 22.4 Å². The minimum absolute atomic E-state index is 0.165. The molecule has 2 rings (SSSR count). The van der Waals surface area contributed by atoms with Crippen LogP contribution in [0.1, 0.15) is 37.1 Å². The first kappa shape index (κ1) is 16.0. The highest BCUT2D eigenvalue weighted by Crippen LogP contribution is 2.32. The molecule has 0 N–H and O–H groups in total. The van der Waals surface area contributed by atoms with E-state index in [0.29, 0.717) is 22.8 Å². The van der Waals surface area contributed by atoms with Crippen molar-refractivity contribution in [1.29, 1.82) is 0 Å². The number of rotatable bonds is 6. The maximum atomic E-state index is 13.0. The van der Waals surface area contributed by atoms with Gasteiger partial charge in [0.25, 0.3) is 0 Å². The summed E-state index contributed by atoms with van der Waals surface area (Å²) in [7, 11) is -1.66. The summed E-state index contributed by atoms with van der Waals surface area (Å²) in [4.78, 5) is 0.390. The molecule has 1 fully saturated rings. The van der Waals surface area contributed by atoms with Crippen LogP contribution in [-0.2, 0) is 17.1 Å². The second-order valence-electron chi connectivity index (χ2n) is 5.37. The normalized spacial score (nSPS) is 16.6. The maximum Gasteiger partial charge on any atom is 0.246 e. The molecule has 5 nitrogen and oxygen atoms in total. The van der Waals surface area contributed by atoms with Crippen LogP contribution in [-0.4, -0.2) is 40.4 Å². The second kappa shape index (κ2) is 6.15. The lowest BCUT2D eigenvalue weighted by molar-refractivity contribution is 0.220. The van der Waals surface area contributed by atoms with E-state index in [2.05, 4.69) is 21.0 Å². The van der Waals surface area contributed by atoms with Crippen LogP contribution in [0.5, 0.6) is 0 Å². The van der Waals surface area contributed by atoms with E-state index in [4.69, 9.17) is 0 Å². The van der Waals surface area contributed by atoms with Crippen molar-refractivity contribution in [1.82, 2.24) is 14.1 Å². The Balaban J connectivity index is 2.39. The molecule has 0 unspecified atom stereocenters.